The topological polar surface area (TPSA) is 105 Å². The lowest BCUT2D eigenvalue weighted by Gasteiger charge is -2.36. The molecule has 7 heteroatoms. The van der Waals surface area contributed by atoms with E-state index in [0.717, 1.165) is 0 Å². The molecule has 0 bridgehead atoms. The van der Waals surface area contributed by atoms with Crippen molar-refractivity contribution in [3.05, 3.63) is 33.9 Å². The van der Waals surface area contributed by atoms with Gasteiger partial charge in [0.25, 0.3) is 5.69 Å². The number of morpholine rings is 1. The maximum Gasteiger partial charge on any atom is 0.270 e. The van der Waals surface area contributed by atoms with Gasteiger partial charge in [0.2, 0.25) is 0 Å². The molecule has 2 atom stereocenters. The first-order valence-electron chi connectivity index (χ1n) is 6.33. The monoisotopic (exact) mass is 276 g/mol. The SMILES string of the molecule is CC(N)C1CN(c2ccc([N+](=O)[O-])cc2C#N)CCO1. The zero-order chi connectivity index (χ0) is 14.7. The second-order valence-corrected chi connectivity index (χ2v) is 4.78. The zero-order valence-electron chi connectivity index (χ0n) is 11.2. The molecule has 7 nitrogen and oxygen atoms in total. The number of nitrogens with zero attached hydrogens (tertiary/aromatic N) is 3. The van der Waals surface area contributed by atoms with Gasteiger partial charge in [-0.3, -0.25) is 10.1 Å². The van der Waals surface area contributed by atoms with Crippen LogP contribution in [0, 0.1) is 21.4 Å². The molecule has 106 valence electrons. The quantitative estimate of drug-likeness (QED) is 0.652. The Bertz CT molecular complexity index is 553. The van der Waals surface area contributed by atoms with E-state index in [-0.39, 0.29) is 17.8 Å². The van der Waals surface area contributed by atoms with Gasteiger partial charge in [0.05, 0.1) is 28.9 Å². The van der Waals surface area contributed by atoms with Gasteiger partial charge in [-0.05, 0) is 13.0 Å². The van der Waals surface area contributed by atoms with Gasteiger partial charge < -0.3 is 15.4 Å². The average molecular weight is 276 g/mol. The van der Waals surface area contributed by atoms with Gasteiger partial charge in [0.15, 0.2) is 0 Å². The first-order chi connectivity index (χ1) is 9.52. The molecular weight excluding hydrogens is 260 g/mol. The van der Waals surface area contributed by atoms with E-state index < -0.39 is 4.92 Å². The molecule has 1 saturated heterocycles. The van der Waals surface area contributed by atoms with Crippen molar-refractivity contribution >= 4 is 11.4 Å². The number of nitro groups is 1. The van der Waals surface area contributed by atoms with Crippen LogP contribution in [0.3, 0.4) is 0 Å². The highest BCUT2D eigenvalue weighted by Crippen LogP contribution is 2.26. The highest BCUT2D eigenvalue weighted by molar-refractivity contribution is 5.63. The van der Waals surface area contributed by atoms with Crippen molar-refractivity contribution in [2.45, 2.75) is 19.1 Å². The molecule has 0 spiro atoms. The number of rotatable bonds is 3. The van der Waals surface area contributed by atoms with Crippen LogP contribution in [0.25, 0.3) is 0 Å². The molecule has 2 rings (SSSR count). The summed E-state index contributed by atoms with van der Waals surface area (Å²) in [6, 6.07) is 6.22. The minimum Gasteiger partial charge on any atom is -0.373 e. The highest BCUT2D eigenvalue weighted by Gasteiger charge is 2.25. The maximum atomic E-state index is 10.7. The lowest BCUT2D eigenvalue weighted by atomic mass is 10.1. The van der Waals surface area contributed by atoms with Crippen LogP contribution in [-0.2, 0) is 4.74 Å². The Labute approximate surface area is 116 Å². The minimum atomic E-state index is -0.505. The Morgan fingerprint density at radius 3 is 3.00 bits per heavy atom. The number of ether oxygens (including phenoxy) is 1. The van der Waals surface area contributed by atoms with Crippen molar-refractivity contribution in [3.63, 3.8) is 0 Å². The number of nitro benzene ring substituents is 1. The molecule has 1 aromatic carbocycles. The van der Waals surface area contributed by atoms with E-state index in [1.54, 1.807) is 6.07 Å². The Morgan fingerprint density at radius 1 is 1.65 bits per heavy atom. The lowest BCUT2D eigenvalue weighted by Crippen LogP contribution is -2.49. The maximum absolute atomic E-state index is 10.7. The Hall–Kier alpha value is -2.17. The third kappa shape index (κ3) is 2.87. The summed E-state index contributed by atoms with van der Waals surface area (Å²) in [7, 11) is 0. The largest absolute Gasteiger partial charge is 0.373 e. The molecule has 2 N–H and O–H groups in total. The number of hydrogen-bond acceptors (Lipinski definition) is 6. The molecule has 0 radical (unpaired) electrons. The highest BCUT2D eigenvalue weighted by atomic mass is 16.6. The molecule has 1 aliphatic rings. The fourth-order valence-electron chi connectivity index (χ4n) is 2.22. The van der Waals surface area contributed by atoms with Crippen LogP contribution in [0.15, 0.2) is 18.2 Å². The number of nitriles is 1. The first kappa shape index (κ1) is 14.2. The zero-order valence-corrected chi connectivity index (χ0v) is 11.2. The average Bonchev–Trinajstić information content (AvgIpc) is 2.46. The summed E-state index contributed by atoms with van der Waals surface area (Å²) in [4.78, 5) is 12.2. The third-order valence-corrected chi connectivity index (χ3v) is 3.33. The van der Waals surface area contributed by atoms with Crippen molar-refractivity contribution in [2.75, 3.05) is 24.6 Å². The molecule has 2 unspecified atom stereocenters. The molecule has 0 saturated carbocycles. The van der Waals surface area contributed by atoms with Crippen LogP contribution in [-0.4, -0.2) is 36.8 Å². The summed E-state index contributed by atoms with van der Waals surface area (Å²) in [5, 5.41) is 19.9. The number of non-ortho nitro benzene ring substituents is 1. The molecule has 0 aromatic heterocycles. The van der Waals surface area contributed by atoms with Crippen molar-refractivity contribution in [2.24, 2.45) is 5.73 Å². The van der Waals surface area contributed by atoms with Gasteiger partial charge in [-0.25, -0.2) is 0 Å². The van der Waals surface area contributed by atoms with E-state index in [1.165, 1.54) is 12.1 Å². The second kappa shape index (κ2) is 5.86. The van der Waals surface area contributed by atoms with Crippen LogP contribution in [0.1, 0.15) is 12.5 Å². The number of anilines is 1. The van der Waals surface area contributed by atoms with Gasteiger partial charge in [0, 0.05) is 31.3 Å². The molecule has 1 fully saturated rings. The van der Waals surface area contributed by atoms with Gasteiger partial charge in [0.1, 0.15) is 6.07 Å². The molecule has 20 heavy (non-hydrogen) atoms. The van der Waals surface area contributed by atoms with Crippen molar-refractivity contribution in [1.29, 1.82) is 5.26 Å². The Balaban J connectivity index is 2.28. The van der Waals surface area contributed by atoms with E-state index in [9.17, 15) is 15.4 Å². The number of nitrogens with two attached hydrogens (primary N) is 1. The molecule has 1 aliphatic heterocycles. The second-order valence-electron chi connectivity index (χ2n) is 4.78. The van der Waals surface area contributed by atoms with Crippen LogP contribution in [0.2, 0.25) is 0 Å². The fraction of sp³-hybridized carbons (Fsp3) is 0.462. The minimum absolute atomic E-state index is 0.0812. The summed E-state index contributed by atoms with van der Waals surface area (Å²) >= 11 is 0. The van der Waals surface area contributed by atoms with Crippen LogP contribution >= 0.6 is 0 Å². The summed E-state index contributed by atoms with van der Waals surface area (Å²) in [6.07, 6.45) is -0.106. The summed E-state index contributed by atoms with van der Waals surface area (Å²) in [5.74, 6) is 0. The molecule has 0 amide bonds. The van der Waals surface area contributed by atoms with Crippen molar-refractivity contribution < 1.29 is 9.66 Å². The summed E-state index contributed by atoms with van der Waals surface area (Å²) < 4.78 is 5.57. The van der Waals surface area contributed by atoms with Crippen molar-refractivity contribution in [1.82, 2.24) is 0 Å². The molecule has 1 heterocycles. The standard InChI is InChI=1S/C13H16N4O3/c1-9(15)13-8-16(4-5-20-13)12-3-2-11(17(18)19)6-10(12)7-14/h2-3,6,9,13H,4-5,8,15H2,1H3. The van der Waals surface area contributed by atoms with Gasteiger partial charge >= 0.3 is 0 Å². The fourth-order valence-corrected chi connectivity index (χ4v) is 2.22. The Morgan fingerprint density at radius 2 is 2.40 bits per heavy atom. The molecule has 1 aromatic rings. The van der Waals surface area contributed by atoms with Crippen LogP contribution in [0.5, 0.6) is 0 Å². The molecular formula is C13H16N4O3. The lowest BCUT2D eigenvalue weighted by molar-refractivity contribution is -0.384. The van der Waals surface area contributed by atoms with Gasteiger partial charge in [-0.2, -0.15) is 5.26 Å². The predicted molar refractivity (Wildman–Crippen MR) is 73.4 cm³/mol. The van der Waals surface area contributed by atoms with E-state index in [4.69, 9.17) is 10.5 Å². The smallest absolute Gasteiger partial charge is 0.270 e. The third-order valence-electron chi connectivity index (χ3n) is 3.33. The number of benzene rings is 1. The predicted octanol–water partition coefficient (Wildman–Crippen LogP) is 1.02. The normalized spacial score (nSPS) is 20.2. The van der Waals surface area contributed by atoms with E-state index in [2.05, 4.69) is 0 Å². The first-order valence-corrected chi connectivity index (χ1v) is 6.33. The van der Waals surface area contributed by atoms with Crippen LogP contribution in [0.4, 0.5) is 11.4 Å². The summed E-state index contributed by atoms with van der Waals surface area (Å²) in [5.41, 5.74) is 6.74. The van der Waals surface area contributed by atoms with Gasteiger partial charge in [-0.1, -0.05) is 0 Å². The van der Waals surface area contributed by atoms with E-state index in [0.29, 0.717) is 30.9 Å². The van der Waals surface area contributed by atoms with Gasteiger partial charge in [-0.15, -0.1) is 0 Å². The number of hydrogen-bond donors (Lipinski definition) is 1. The van der Waals surface area contributed by atoms with E-state index in [1.807, 2.05) is 17.9 Å². The Kier molecular flexibility index (Phi) is 4.17. The van der Waals surface area contributed by atoms with Crippen LogP contribution < -0.4 is 10.6 Å². The molecule has 0 aliphatic carbocycles. The summed E-state index contributed by atoms with van der Waals surface area (Å²) in [6.45, 7) is 3.60. The van der Waals surface area contributed by atoms with Crippen molar-refractivity contribution in [3.8, 4) is 6.07 Å². The van der Waals surface area contributed by atoms with E-state index >= 15 is 0 Å².